The van der Waals surface area contributed by atoms with E-state index in [0.717, 1.165) is 17.3 Å². The first-order chi connectivity index (χ1) is 8.63. The van der Waals surface area contributed by atoms with Gasteiger partial charge in [0.05, 0.1) is 0 Å². The molecule has 0 aromatic heterocycles. The number of methoxy groups -OCH3 is 1. The number of hydrogen-bond donors (Lipinski definition) is 2. The maximum Gasteiger partial charge on any atom is 0.326 e. The lowest BCUT2D eigenvalue weighted by Crippen LogP contribution is -2.42. The van der Waals surface area contributed by atoms with Gasteiger partial charge in [-0.15, -0.1) is 0 Å². The van der Waals surface area contributed by atoms with Gasteiger partial charge in [0.25, 0.3) is 0 Å². The fraction of sp³-hybridized carbons (Fsp3) is 0.818. The molecule has 18 heavy (non-hydrogen) atoms. The Morgan fingerprint density at radius 2 is 2.28 bits per heavy atom. The minimum Gasteiger partial charge on any atom is -0.480 e. The fourth-order valence-corrected chi connectivity index (χ4v) is 4.29. The van der Waals surface area contributed by atoms with Crippen LogP contribution in [0.3, 0.4) is 0 Å². The number of carbonyl (C=O) groups is 2. The summed E-state index contributed by atoms with van der Waals surface area (Å²) in [5, 5.41) is 11.8. The molecule has 1 rings (SSSR count). The SMILES string of the molecule is COCCC(NC(=O)CC1CSCCS1)C(=O)O. The molecule has 1 aliphatic heterocycles. The fourth-order valence-electron chi connectivity index (χ4n) is 1.61. The number of nitrogens with one attached hydrogen (secondary N) is 1. The summed E-state index contributed by atoms with van der Waals surface area (Å²) in [5.74, 6) is 1.97. The van der Waals surface area contributed by atoms with E-state index in [2.05, 4.69) is 5.32 Å². The quantitative estimate of drug-likeness (QED) is 0.724. The maximum absolute atomic E-state index is 11.8. The normalized spacial score (nSPS) is 21.3. The summed E-state index contributed by atoms with van der Waals surface area (Å²) in [6.45, 7) is 0.325. The molecule has 0 aromatic rings. The molecule has 1 heterocycles. The highest BCUT2D eigenvalue weighted by Gasteiger charge is 2.23. The van der Waals surface area contributed by atoms with E-state index in [1.54, 1.807) is 11.8 Å². The number of rotatable bonds is 7. The van der Waals surface area contributed by atoms with Crippen LogP contribution in [0.25, 0.3) is 0 Å². The van der Waals surface area contributed by atoms with Gasteiger partial charge in [-0.1, -0.05) is 0 Å². The van der Waals surface area contributed by atoms with Crippen molar-refractivity contribution in [2.45, 2.75) is 24.1 Å². The summed E-state index contributed by atoms with van der Waals surface area (Å²) in [6.07, 6.45) is 0.693. The minimum atomic E-state index is -1.01. The van der Waals surface area contributed by atoms with Crippen molar-refractivity contribution in [3.63, 3.8) is 0 Å². The molecular formula is C11H19NO4S2. The van der Waals surface area contributed by atoms with Crippen LogP contribution in [0.1, 0.15) is 12.8 Å². The van der Waals surface area contributed by atoms with Crippen molar-refractivity contribution in [1.82, 2.24) is 5.32 Å². The van der Waals surface area contributed by atoms with E-state index in [1.165, 1.54) is 7.11 Å². The summed E-state index contributed by atoms with van der Waals surface area (Å²) in [7, 11) is 1.51. The van der Waals surface area contributed by atoms with Gasteiger partial charge in [-0.05, 0) is 0 Å². The smallest absolute Gasteiger partial charge is 0.326 e. The molecule has 0 radical (unpaired) electrons. The first-order valence-electron chi connectivity index (χ1n) is 5.84. The summed E-state index contributed by atoms with van der Waals surface area (Å²) in [6, 6.07) is -0.848. The number of amides is 1. The molecular weight excluding hydrogens is 274 g/mol. The van der Waals surface area contributed by atoms with Crippen LogP contribution in [-0.4, -0.2) is 59.3 Å². The largest absolute Gasteiger partial charge is 0.480 e. The lowest BCUT2D eigenvalue weighted by molar-refractivity contribution is -0.142. The molecule has 7 heteroatoms. The van der Waals surface area contributed by atoms with Crippen LogP contribution in [0.4, 0.5) is 0 Å². The number of carboxylic acid groups (broad SMARTS) is 1. The van der Waals surface area contributed by atoms with Crippen molar-refractivity contribution in [1.29, 1.82) is 0 Å². The number of thioether (sulfide) groups is 2. The van der Waals surface area contributed by atoms with Gasteiger partial charge in [-0.25, -0.2) is 4.79 Å². The van der Waals surface area contributed by atoms with Crippen molar-refractivity contribution in [2.24, 2.45) is 0 Å². The number of aliphatic carboxylic acids is 1. The number of ether oxygens (including phenoxy) is 1. The Kier molecular flexibility index (Phi) is 7.53. The molecule has 1 saturated heterocycles. The van der Waals surface area contributed by atoms with Crippen molar-refractivity contribution in [2.75, 3.05) is 31.0 Å². The Morgan fingerprint density at radius 1 is 1.50 bits per heavy atom. The standard InChI is InChI=1S/C11H19NO4S2/c1-16-3-2-9(11(14)15)12-10(13)6-8-7-17-4-5-18-8/h8-9H,2-7H2,1H3,(H,12,13)(H,14,15). The van der Waals surface area contributed by atoms with Crippen LogP contribution in [0.2, 0.25) is 0 Å². The third kappa shape index (κ3) is 5.97. The summed E-state index contributed by atoms with van der Waals surface area (Å²) in [5.41, 5.74) is 0. The van der Waals surface area contributed by atoms with Crippen molar-refractivity contribution < 1.29 is 19.4 Å². The molecule has 1 fully saturated rings. The predicted molar refractivity (Wildman–Crippen MR) is 74.2 cm³/mol. The first-order valence-corrected chi connectivity index (χ1v) is 8.04. The summed E-state index contributed by atoms with van der Waals surface area (Å²) < 4.78 is 4.83. The molecule has 2 unspecified atom stereocenters. The molecule has 1 aliphatic rings. The van der Waals surface area contributed by atoms with Gasteiger partial charge >= 0.3 is 5.97 Å². The third-order valence-electron chi connectivity index (χ3n) is 2.54. The first kappa shape index (κ1) is 15.7. The maximum atomic E-state index is 11.8. The highest BCUT2D eigenvalue weighted by molar-refractivity contribution is 8.06. The predicted octanol–water partition coefficient (Wildman–Crippen LogP) is 0.831. The number of carboxylic acids is 1. The van der Waals surface area contributed by atoms with Gasteiger partial charge in [-0.2, -0.15) is 23.5 Å². The zero-order chi connectivity index (χ0) is 13.4. The van der Waals surface area contributed by atoms with Crippen molar-refractivity contribution in [3.05, 3.63) is 0 Å². The van der Waals surface area contributed by atoms with Crippen molar-refractivity contribution >= 4 is 35.4 Å². The Bertz CT molecular complexity index is 282. The van der Waals surface area contributed by atoms with E-state index >= 15 is 0 Å². The highest BCUT2D eigenvalue weighted by Crippen LogP contribution is 2.26. The Morgan fingerprint density at radius 3 is 2.83 bits per heavy atom. The topological polar surface area (TPSA) is 75.6 Å². The minimum absolute atomic E-state index is 0.182. The van der Waals surface area contributed by atoms with Crippen LogP contribution in [0.5, 0.6) is 0 Å². The van der Waals surface area contributed by atoms with Crippen LogP contribution in [-0.2, 0) is 14.3 Å². The second-order valence-electron chi connectivity index (χ2n) is 4.01. The lowest BCUT2D eigenvalue weighted by Gasteiger charge is -2.21. The molecule has 0 bridgehead atoms. The average molecular weight is 293 g/mol. The molecule has 2 atom stereocenters. The van der Waals surface area contributed by atoms with Gasteiger partial charge in [0.15, 0.2) is 0 Å². The van der Waals surface area contributed by atoms with Gasteiger partial charge in [-0.3, -0.25) is 4.79 Å². The summed E-state index contributed by atoms with van der Waals surface area (Å²) >= 11 is 3.64. The summed E-state index contributed by atoms with van der Waals surface area (Å²) in [4.78, 5) is 22.7. The second-order valence-corrected chi connectivity index (χ2v) is 6.57. The average Bonchev–Trinajstić information content (AvgIpc) is 2.35. The van der Waals surface area contributed by atoms with E-state index in [-0.39, 0.29) is 5.91 Å². The van der Waals surface area contributed by atoms with Crippen LogP contribution < -0.4 is 5.32 Å². The van der Waals surface area contributed by atoms with Crippen LogP contribution in [0.15, 0.2) is 0 Å². The van der Waals surface area contributed by atoms with E-state index in [9.17, 15) is 9.59 Å². The molecule has 1 amide bonds. The van der Waals surface area contributed by atoms with Gasteiger partial charge in [0.1, 0.15) is 6.04 Å². The van der Waals surface area contributed by atoms with E-state index in [0.29, 0.717) is 24.7 Å². The van der Waals surface area contributed by atoms with Gasteiger partial charge < -0.3 is 15.2 Å². The Labute approximate surface area is 115 Å². The lowest BCUT2D eigenvalue weighted by atomic mass is 10.2. The second kappa shape index (κ2) is 8.66. The highest BCUT2D eigenvalue weighted by atomic mass is 32.2. The monoisotopic (exact) mass is 293 g/mol. The van der Waals surface area contributed by atoms with Crippen LogP contribution >= 0.6 is 23.5 Å². The molecule has 2 N–H and O–H groups in total. The zero-order valence-corrected chi connectivity index (χ0v) is 12.0. The Balaban J connectivity index is 2.32. The number of hydrogen-bond acceptors (Lipinski definition) is 5. The van der Waals surface area contributed by atoms with E-state index in [4.69, 9.17) is 9.84 Å². The van der Waals surface area contributed by atoms with E-state index in [1.807, 2.05) is 11.8 Å². The molecule has 0 aliphatic carbocycles. The molecule has 104 valence electrons. The Hall–Kier alpha value is -0.400. The van der Waals surface area contributed by atoms with Gasteiger partial charge in [0, 0.05) is 49.1 Å². The van der Waals surface area contributed by atoms with Crippen molar-refractivity contribution in [3.8, 4) is 0 Å². The molecule has 5 nitrogen and oxygen atoms in total. The van der Waals surface area contributed by atoms with Crippen LogP contribution in [0, 0.1) is 0 Å². The molecule has 0 saturated carbocycles. The molecule has 0 aromatic carbocycles. The third-order valence-corrected chi connectivity index (χ3v) is 5.39. The molecule has 0 spiro atoms. The zero-order valence-electron chi connectivity index (χ0n) is 10.4. The number of carbonyl (C=O) groups excluding carboxylic acids is 1. The van der Waals surface area contributed by atoms with Gasteiger partial charge in [0.2, 0.25) is 5.91 Å². The van der Waals surface area contributed by atoms with E-state index < -0.39 is 12.0 Å².